The Morgan fingerprint density at radius 3 is 2.82 bits per heavy atom. The lowest BCUT2D eigenvalue weighted by atomic mass is 9.96. The van der Waals surface area contributed by atoms with E-state index in [4.69, 9.17) is 27.2 Å². The Labute approximate surface area is 105 Å². The van der Waals surface area contributed by atoms with Crippen LogP contribution in [0.5, 0.6) is 5.75 Å². The van der Waals surface area contributed by atoms with Gasteiger partial charge in [0.05, 0.1) is 13.0 Å². The van der Waals surface area contributed by atoms with Crippen molar-refractivity contribution in [3.8, 4) is 5.75 Å². The van der Waals surface area contributed by atoms with Crippen LogP contribution in [-0.4, -0.2) is 24.7 Å². The van der Waals surface area contributed by atoms with Gasteiger partial charge in [0.2, 0.25) is 0 Å². The van der Waals surface area contributed by atoms with E-state index in [-0.39, 0.29) is 0 Å². The molecule has 0 aromatic heterocycles. The zero-order valence-electron chi connectivity index (χ0n) is 9.65. The normalized spacial score (nSPS) is 12.2. The second kappa shape index (κ2) is 6.47. The third kappa shape index (κ3) is 3.91. The highest BCUT2D eigenvalue weighted by Crippen LogP contribution is 2.26. The first-order valence-corrected chi connectivity index (χ1v) is 5.71. The highest BCUT2D eigenvalue weighted by Gasteiger charge is 2.19. The monoisotopic (exact) mass is 257 g/mol. The molecule has 1 aromatic carbocycles. The van der Waals surface area contributed by atoms with E-state index in [1.165, 1.54) is 0 Å². The van der Waals surface area contributed by atoms with E-state index in [9.17, 15) is 4.79 Å². The molecule has 0 bridgehead atoms. The highest BCUT2D eigenvalue weighted by atomic mass is 35.5. The SMILES string of the molecule is COc1ccc(Cl)cc1CC(CCN)C(=O)O. The maximum atomic E-state index is 11.0. The number of halogens is 1. The first-order chi connectivity index (χ1) is 8.08. The quantitative estimate of drug-likeness (QED) is 0.817. The van der Waals surface area contributed by atoms with E-state index in [0.29, 0.717) is 30.2 Å². The van der Waals surface area contributed by atoms with Gasteiger partial charge in [0.1, 0.15) is 5.75 Å². The molecule has 0 spiro atoms. The van der Waals surface area contributed by atoms with Gasteiger partial charge in [-0.25, -0.2) is 0 Å². The molecule has 0 amide bonds. The van der Waals surface area contributed by atoms with Crippen molar-refractivity contribution in [2.24, 2.45) is 11.7 Å². The summed E-state index contributed by atoms with van der Waals surface area (Å²) in [4.78, 5) is 11.0. The third-order valence-corrected chi connectivity index (χ3v) is 2.81. The van der Waals surface area contributed by atoms with E-state index < -0.39 is 11.9 Å². The van der Waals surface area contributed by atoms with Gasteiger partial charge < -0.3 is 15.6 Å². The molecule has 0 aliphatic heterocycles. The molecule has 0 radical (unpaired) electrons. The summed E-state index contributed by atoms with van der Waals surface area (Å²) in [5.74, 6) is -0.706. The molecule has 4 nitrogen and oxygen atoms in total. The Kier molecular flexibility index (Phi) is 5.25. The van der Waals surface area contributed by atoms with Gasteiger partial charge in [-0.2, -0.15) is 0 Å². The number of nitrogens with two attached hydrogens (primary N) is 1. The lowest BCUT2D eigenvalue weighted by molar-refractivity contribution is -0.141. The summed E-state index contributed by atoms with van der Waals surface area (Å²) in [6.07, 6.45) is 0.807. The number of carboxylic acids is 1. The average molecular weight is 258 g/mol. The molecule has 1 aromatic rings. The minimum atomic E-state index is -0.850. The molecular weight excluding hydrogens is 242 g/mol. The highest BCUT2D eigenvalue weighted by molar-refractivity contribution is 6.30. The molecule has 0 aliphatic carbocycles. The Bertz CT molecular complexity index is 395. The van der Waals surface area contributed by atoms with Crippen LogP contribution in [0.25, 0.3) is 0 Å². The van der Waals surface area contributed by atoms with Crippen LogP contribution in [-0.2, 0) is 11.2 Å². The number of benzene rings is 1. The minimum absolute atomic E-state index is 0.347. The predicted molar refractivity (Wildman–Crippen MR) is 66.5 cm³/mol. The Balaban J connectivity index is 2.91. The third-order valence-electron chi connectivity index (χ3n) is 2.57. The summed E-state index contributed by atoms with van der Waals surface area (Å²) >= 11 is 5.89. The van der Waals surface area contributed by atoms with Gasteiger partial charge in [-0.3, -0.25) is 4.79 Å². The van der Waals surface area contributed by atoms with E-state index in [2.05, 4.69) is 0 Å². The van der Waals surface area contributed by atoms with Crippen LogP contribution < -0.4 is 10.5 Å². The first-order valence-electron chi connectivity index (χ1n) is 5.33. The molecule has 94 valence electrons. The van der Waals surface area contributed by atoms with Crippen molar-refractivity contribution in [2.45, 2.75) is 12.8 Å². The van der Waals surface area contributed by atoms with Crippen LogP contribution >= 0.6 is 11.6 Å². The number of hydrogen-bond donors (Lipinski definition) is 2. The molecule has 0 aliphatic rings. The van der Waals surface area contributed by atoms with Gasteiger partial charge in [0, 0.05) is 5.02 Å². The van der Waals surface area contributed by atoms with Crippen LogP contribution in [0.15, 0.2) is 18.2 Å². The molecule has 3 N–H and O–H groups in total. The van der Waals surface area contributed by atoms with Crippen molar-refractivity contribution in [1.29, 1.82) is 0 Å². The summed E-state index contributed by atoms with van der Waals surface area (Å²) in [5.41, 5.74) is 6.19. The Hall–Kier alpha value is -1.26. The molecule has 0 saturated carbocycles. The largest absolute Gasteiger partial charge is 0.496 e. The van der Waals surface area contributed by atoms with E-state index in [1.54, 1.807) is 25.3 Å². The maximum Gasteiger partial charge on any atom is 0.306 e. The number of carbonyl (C=O) groups is 1. The second-order valence-corrected chi connectivity index (χ2v) is 4.21. The van der Waals surface area contributed by atoms with E-state index >= 15 is 0 Å². The van der Waals surface area contributed by atoms with Crippen molar-refractivity contribution < 1.29 is 14.6 Å². The van der Waals surface area contributed by atoms with Crippen molar-refractivity contribution in [1.82, 2.24) is 0 Å². The summed E-state index contributed by atoms with van der Waals surface area (Å²) in [6, 6.07) is 5.18. The van der Waals surface area contributed by atoms with Gasteiger partial charge in [0.15, 0.2) is 0 Å². The topological polar surface area (TPSA) is 72.5 Å². The molecule has 0 heterocycles. The number of aliphatic carboxylic acids is 1. The summed E-state index contributed by atoms with van der Waals surface area (Å²) < 4.78 is 5.18. The fourth-order valence-corrected chi connectivity index (χ4v) is 1.88. The van der Waals surface area contributed by atoms with Crippen LogP contribution in [0.2, 0.25) is 5.02 Å². The van der Waals surface area contributed by atoms with Gasteiger partial charge in [-0.05, 0) is 43.1 Å². The zero-order chi connectivity index (χ0) is 12.8. The van der Waals surface area contributed by atoms with Gasteiger partial charge in [0.25, 0.3) is 0 Å². The number of rotatable bonds is 6. The van der Waals surface area contributed by atoms with Gasteiger partial charge >= 0.3 is 5.97 Å². The molecular formula is C12H16ClNO3. The molecule has 0 saturated heterocycles. The van der Waals surface area contributed by atoms with Gasteiger partial charge in [-0.1, -0.05) is 11.6 Å². The maximum absolute atomic E-state index is 11.0. The van der Waals surface area contributed by atoms with E-state index in [0.717, 1.165) is 5.56 Å². The summed E-state index contributed by atoms with van der Waals surface area (Å²) in [5, 5.41) is 9.64. The average Bonchev–Trinajstić information content (AvgIpc) is 2.28. The van der Waals surface area contributed by atoms with Crippen LogP contribution in [0.3, 0.4) is 0 Å². The smallest absolute Gasteiger partial charge is 0.306 e. The Morgan fingerprint density at radius 2 is 2.29 bits per heavy atom. The lowest BCUT2D eigenvalue weighted by Crippen LogP contribution is -2.20. The number of methoxy groups -OCH3 is 1. The van der Waals surface area contributed by atoms with E-state index in [1.807, 2.05) is 0 Å². The van der Waals surface area contributed by atoms with Crippen LogP contribution in [0.1, 0.15) is 12.0 Å². The molecule has 1 atom stereocenters. The number of carboxylic acid groups (broad SMARTS) is 1. The second-order valence-electron chi connectivity index (χ2n) is 3.77. The lowest BCUT2D eigenvalue weighted by Gasteiger charge is -2.14. The standard InChI is InChI=1S/C12H16ClNO3/c1-17-11-3-2-10(13)7-9(11)6-8(4-5-14)12(15)16/h2-3,7-8H,4-6,14H2,1H3,(H,15,16). The van der Waals surface area contributed by atoms with Gasteiger partial charge in [-0.15, -0.1) is 0 Å². The molecule has 17 heavy (non-hydrogen) atoms. The first kappa shape index (κ1) is 13.8. The minimum Gasteiger partial charge on any atom is -0.496 e. The summed E-state index contributed by atoms with van der Waals surface area (Å²) in [7, 11) is 1.55. The Morgan fingerprint density at radius 1 is 1.59 bits per heavy atom. The number of hydrogen-bond acceptors (Lipinski definition) is 3. The fraction of sp³-hybridized carbons (Fsp3) is 0.417. The van der Waals surface area contributed by atoms with Crippen molar-refractivity contribution >= 4 is 17.6 Å². The predicted octanol–water partition coefficient (Wildman–Crippen LogP) is 1.94. The molecule has 1 rings (SSSR count). The van der Waals surface area contributed by atoms with Crippen molar-refractivity contribution in [3.63, 3.8) is 0 Å². The van der Waals surface area contributed by atoms with Crippen LogP contribution in [0.4, 0.5) is 0 Å². The summed E-state index contributed by atoms with van der Waals surface area (Å²) in [6.45, 7) is 0.347. The van der Waals surface area contributed by atoms with Crippen molar-refractivity contribution in [2.75, 3.05) is 13.7 Å². The van der Waals surface area contributed by atoms with Crippen molar-refractivity contribution in [3.05, 3.63) is 28.8 Å². The van der Waals surface area contributed by atoms with Crippen LogP contribution in [0, 0.1) is 5.92 Å². The molecule has 5 heteroatoms. The molecule has 0 fully saturated rings. The fourth-order valence-electron chi connectivity index (χ4n) is 1.69. The zero-order valence-corrected chi connectivity index (χ0v) is 10.4. The molecule has 1 unspecified atom stereocenters. The number of ether oxygens (including phenoxy) is 1.